The minimum Gasteiger partial charge on any atom is -0.461 e. The standard InChI is InChI=1S/C27H29NO7/c1-26(2,3)35-25(32)28-27(24(31)34-16-18-12-8-5-9-13-18)14-19(29)20-21(22(20)27)23(30)33-15-17-10-6-4-7-11-17/h4-13,20-22H,14-16H2,1-3H3,(H,28,32). The van der Waals surface area contributed by atoms with Crippen LogP contribution in [-0.4, -0.2) is 35.0 Å². The molecule has 2 fully saturated rings. The van der Waals surface area contributed by atoms with Gasteiger partial charge in [-0.15, -0.1) is 0 Å². The highest BCUT2D eigenvalue weighted by molar-refractivity contribution is 6.04. The van der Waals surface area contributed by atoms with Crippen molar-refractivity contribution >= 4 is 23.8 Å². The number of hydrogen-bond acceptors (Lipinski definition) is 7. The summed E-state index contributed by atoms with van der Waals surface area (Å²) in [6.07, 6.45) is -1.12. The van der Waals surface area contributed by atoms with Crippen molar-refractivity contribution < 1.29 is 33.4 Å². The van der Waals surface area contributed by atoms with Gasteiger partial charge in [0.15, 0.2) is 5.54 Å². The Bertz CT molecular complexity index is 1110. The third-order valence-electron chi connectivity index (χ3n) is 6.21. The molecule has 1 N–H and O–H groups in total. The third-order valence-corrected chi connectivity index (χ3v) is 6.21. The van der Waals surface area contributed by atoms with Gasteiger partial charge in [0.05, 0.1) is 5.92 Å². The molecule has 184 valence electrons. The maximum atomic E-state index is 13.4. The highest BCUT2D eigenvalue weighted by atomic mass is 16.6. The molecule has 8 nitrogen and oxygen atoms in total. The topological polar surface area (TPSA) is 108 Å². The minimum absolute atomic E-state index is 0.0356. The quantitative estimate of drug-likeness (QED) is 0.478. The van der Waals surface area contributed by atoms with Crippen molar-refractivity contribution in [2.45, 2.75) is 51.5 Å². The summed E-state index contributed by atoms with van der Waals surface area (Å²) in [6.45, 7) is 5.09. The third kappa shape index (κ3) is 5.37. The average molecular weight is 480 g/mol. The maximum absolute atomic E-state index is 13.4. The fraction of sp³-hybridized carbons (Fsp3) is 0.407. The second-order valence-corrected chi connectivity index (χ2v) is 9.97. The number of fused-ring (bicyclic) bond motifs is 1. The molecule has 2 aromatic carbocycles. The van der Waals surface area contributed by atoms with E-state index in [9.17, 15) is 19.2 Å². The van der Waals surface area contributed by atoms with Crippen molar-refractivity contribution in [1.82, 2.24) is 5.32 Å². The number of carbonyl (C=O) groups excluding carboxylic acids is 4. The summed E-state index contributed by atoms with van der Waals surface area (Å²) in [6, 6.07) is 18.2. The second-order valence-electron chi connectivity index (χ2n) is 9.97. The zero-order chi connectivity index (χ0) is 25.2. The van der Waals surface area contributed by atoms with E-state index in [2.05, 4.69) is 5.32 Å². The first kappa shape index (κ1) is 24.4. The largest absolute Gasteiger partial charge is 0.461 e. The minimum atomic E-state index is -1.70. The van der Waals surface area contributed by atoms with E-state index in [0.717, 1.165) is 11.1 Å². The molecule has 4 rings (SSSR count). The van der Waals surface area contributed by atoms with Gasteiger partial charge in [0.25, 0.3) is 0 Å². The molecule has 0 heterocycles. The Morgan fingerprint density at radius 2 is 1.46 bits per heavy atom. The molecule has 0 radical (unpaired) electrons. The van der Waals surface area contributed by atoms with Crippen LogP contribution in [0, 0.1) is 17.8 Å². The molecule has 0 bridgehead atoms. The molecule has 4 unspecified atom stereocenters. The molecule has 0 saturated heterocycles. The number of Topliss-reactive ketones (excluding diaryl/α,β-unsaturated/α-hetero) is 1. The summed E-state index contributed by atoms with van der Waals surface area (Å²) in [5.74, 6) is -3.94. The van der Waals surface area contributed by atoms with Gasteiger partial charge in [0, 0.05) is 18.3 Å². The Labute approximate surface area is 203 Å². The molecule has 2 aliphatic carbocycles. The van der Waals surface area contributed by atoms with E-state index in [1.807, 2.05) is 48.5 Å². The SMILES string of the molecule is CC(C)(C)OC(=O)NC1(C(=O)OCc2ccccc2)CC(=O)C2C(C(=O)OCc3ccccc3)C21. The number of benzene rings is 2. The predicted octanol–water partition coefficient (Wildman–Crippen LogP) is 3.57. The van der Waals surface area contributed by atoms with Gasteiger partial charge >= 0.3 is 18.0 Å². The highest BCUT2D eigenvalue weighted by Crippen LogP contribution is 2.61. The van der Waals surface area contributed by atoms with Crippen LogP contribution in [0.4, 0.5) is 4.79 Å². The van der Waals surface area contributed by atoms with Gasteiger partial charge in [-0.2, -0.15) is 0 Å². The van der Waals surface area contributed by atoms with Crippen LogP contribution in [-0.2, 0) is 41.8 Å². The maximum Gasteiger partial charge on any atom is 0.408 e. The lowest BCUT2D eigenvalue weighted by Gasteiger charge is -2.31. The Morgan fingerprint density at radius 3 is 2.00 bits per heavy atom. The van der Waals surface area contributed by atoms with Crippen molar-refractivity contribution in [3.63, 3.8) is 0 Å². The van der Waals surface area contributed by atoms with E-state index < -0.39 is 46.9 Å². The Hall–Kier alpha value is -3.68. The number of esters is 2. The molecule has 0 spiro atoms. The van der Waals surface area contributed by atoms with Crippen LogP contribution in [0.15, 0.2) is 60.7 Å². The summed E-state index contributed by atoms with van der Waals surface area (Å²) in [7, 11) is 0. The lowest BCUT2D eigenvalue weighted by Crippen LogP contribution is -2.58. The van der Waals surface area contributed by atoms with Gasteiger partial charge in [-0.3, -0.25) is 9.59 Å². The summed E-state index contributed by atoms with van der Waals surface area (Å²) >= 11 is 0. The zero-order valence-corrected chi connectivity index (χ0v) is 20.0. The molecule has 35 heavy (non-hydrogen) atoms. The van der Waals surface area contributed by atoms with Crippen LogP contribution in [0.5, 0.6) is 0 Å². The number of amides is 1. The van der Waals surface area contributed by atoms with Crippen molar-refractivity contribution in [3.05, 3.63) is 71.8 Å². The van der Waals surface area contributed by atoms with Crippen LogP contribution in [0.2, 0.25) is 0 Å². The fourth-order valence-corrected chi connectivity index (χ4v) is 4.68. The predicted molar refractivity (Wildman–Crippen MR) is 125 cm³/mol. The molecule has 1 amide bonds. The van der Waals surface area contributed by atoms with Crippen LogP contribution < -0.4 is 5.32 Å². The molecule has 2 aliphatic rings. The van der Waals surface area contributed by atoms with E-state index >= 15 is 0 Å². The Balaban J connectivity index is 1.52. The number of alkyl carbamates (subject to hydrolysis) is 1. The number of nitrogens with one attached hydrogen (secondary N) is 1. The average Bonchev–Trinajstić information content (AvgIpc) is 3.51. The number of ketones is 1. The first-order valence-electron chi connectivity index (χ1n) is 11.6. The molecule has 0 aromatic heterocycles. The van der Waals surface area contributed by atoms with Gasteiger partial charge in [-0.1, -0.05) is 60.7 Å². The van der Waals surface area contributed by atoms with Crippen molar-refractivity contribution in [3.8, 4) is 0 Å². The molecule has 8 heteroatoms. The lowest BCUT2D eigenvalue weighted by atomic mass is 9.90. The van der Waals surface area contributed by atoms with Gasteiger partial charge in [-0.25, -0.2) is 9.59 Å². The number of carbonyl (C=O) groups is 4. The van der Waals surface area contributed by atoms with Gasteiger partial charge in [0.2, 0.25) is 0 Å². The molecule has 0 aliphatic heterocycles. The van der Waals surface area contributed by atoms with E-state index in [-0.39, 0.29) is 25.4 Å². The van der Waals surface area contributed by atoms with Crippen molar-refractivity contribution in [1.29, 1.82) is 0 Å². The molecule has 2 aromatic rings. The van der Waals surface area contributed by atoms with Crippen molar-refractivity contribution in [2.75, 3.05) is 0 Å². The molecule has 2 saturated carbocycles. The summed E-state index contributed by atoms with van der Waals surface area (Å²) in [5, 5.41) is 2.60. The normalized spacial score (nSPS) is 24.8. The van der Waals surface area contributed by atoms with E-state index in [1.165, 1.54) is 0 Å². The number of ether oxygens (including phenoxy) is 3. The smallest absolute Gasteiger partial charge is 0.408 e. The van der Waals surface area contributed by atoms with Gasteiger partial charge < -0.3 is 19.5 Å². The van der Waals surface area contributed by atoms with Crippen LogP contribution in [0.1, 0.15) is 38.3 Å². The molecule has 4 atom stereocenters. The first-order valence-corrected chi connectivity index (χ1v) is 11.6. The highest BCUT2D eigenvalue weighted by Gasteiger charge is 2.76. The van der Waals surface area contributed by atoms with E-state index in [0.29, 0.717) is 0 Å². The molecular formula is C27H29NO7. The monoisotopic (exact) mass is 479 g/mol. The van der Waals surface area contributed by atoms with Crippen LogP contribution in [0.25, 0.3) is 0 Å². The van der Waals surface area contributed by atoms with Gasteiger partial charge in [-0.05, 0) is 31.9 Å². The number of rotatable bonds is 7. The summed E-state index contributed by atoms with van der Waals surface area (Å²) in [5.41, 5.74) is -0.962. The lowest BCUT2D eigenvalue weighted by molar-refractivity contribution is -0.156. The van der Waals surface area contributed by atoms with E-state index in [4.69, 9.17) is 14.2 Å². The van der Waals surface area contributed by atoms with Crippen LogP contribution in [0.3, 0.4) is 0 Å². The summed E-state index contributed by atoms with van der Waals surface area (Å²) in [4.78, 5) is 51.8. The summed E-state index contributed by atoms with van der Waals surface area (Å²) < 4.78 is 16.3. The fourth-order valence-electron chi connectivity index (χ4n) is 4.68. The van der Waals surface area contributed by atoms with Gasteiger partial charge in [0.1, 0.15) is 24.6 Å². The van der Waals surface area contributed by atoms with E-state index in [1.54, 1.807) is 32.9 Å². The Morgan fingerprint density at radius 1 is 0.914 bits per heavy atom. The molecular weight excluding hydrogens is 450 g/mol. The Kier molecular flexibility index (Phi) is 6.65. The number of hydrogen-bond donors (Lipinski definition) is 1. The van der Waals surface area contributed by atoms with Crippen LogP contribution >= 0.6 is 0 Å². The zero-order valence-electron chi connectivity index (χ0n) is 20.0. The first-order chi connectivity index (χ1) is 16.6. The second kappa shape index (κ2) is 9.52. The van der Waals surface area contributed by atoms with Crippen molar-refractivity contribution in [2.24, 2.45) is 17.8 Å².